The molecular weight excluding hydrogens is 272 g/mol. The van der Waals surface area contributed by atoms with Crippen molar-refractivity contribution < 1.29 is 9.00 Å². The Morgan fingerprint density at radius 3 is 2.65 bits per heavy atom. The van der Waals surface area contributed by atoms with E-state index in [4.69, 9.17) is 0 Å². The molecule has 1 amide bonds. The van der Waals surface area contributed by atoms with E-state index in [1.54, 1.807) is 0 Å². The van der Waals surface area contributed by atoms with Gasteiger partial charge in [0.15, 0.2) is 0 Å². The Morgan fingerprint density at radius 2 is 1.95 bits per heavy atom. The van der Waals surface area contributed by atoms with Crippen molar-refractivity contribution >= 4 is 16.7 Å². The molecule has 0 aliphatic carbocycles. The minimum absolute atomic E-state index is 0.0276. The van der Waals surface area contributed by atoms with E-state index >= 15 is 0 Å². The van der Waals surface area contributed by atoms with Crippen molar-refractivity contribution in [3.8, 4) is 0 Å². The summed E-state index contributed by atoms with van der Waals surface area (Å²) in [5, 5.41) is 3.32. The van der Waals surface area contributed by atoms with E-state index in [-0.39, 0.29) is 18.1 Å². The fraction of sp³-hybridized carbons (Fsp3) is 0.533. The van der Waals surface area contributed by atoms with Crippen LogP contribution in [0.5, 0.6) is 0 Å². The number of hydrogen-bond acceptors (Lipinski definition) is 3. The zero-order valence-corrected chi connectivity index (χ0v) is 12.5. The largest absolute Gasteiger partial charge is 0.319 e. The van der Waals surface area contributed by atoms with Gasteiger partial charge in [-0.1, -0.05) is 24.3 Å². The Morgan fingerprint density at radius 1 is 1.25 bits per heavy atom. The van der Waals surface area contributed by atoms with Crippen LogP contribution in [0.1, 0.15) is 30.1 Å². The highest BCUT2D eigenvalue weighted by Gasteiger charge is 2.38. The molecule has 4 nitrogen and oxygen atoms in total. The second kappa shape index (κ2) is 5.66. The summed E-state index contributed by atoms with van der Waals surface area (Å²) in [5.41, 5.74) is 2.37. The highest BCUT2D eigenvalue weighted by molar-refractivity contribution is 7.85. The van der Waals surface area contributed by atoms with Gasteiger partial charge in [0.05, 0.1) is 6.54 Å². The first-order chi connectivity index (χ1) is 9.66. The Hall–Kier alpha value is -1.20. The molecule has 0 radical (unpaired) electrons. The van der Waals surface area contributed by atoms with Gasteiger partial charge in [-0.25, -0.2) is 0 Å². The van der Waals surface area contributed by atoms with E-state index in [1.165, 1.54) is 11.1 Å². The maximum absolute atomic E-state index is 12.2. The molecule has 2 saturated heterocycles. The topological polar surface area (TPSA) is 49.4 Å². The van der Waals surface area contributed by atoms with Crippen molar-refractivity contribution in [2.45, 2.75) is 32.0 Å². The molecule has 0 bridgehead atoms. The van der Waals surface area contributed by atoms with Gasteiger partial charge >= 0.3 is 0 Å². The number of hydrogen-bond donors (Lipinski definition) is 1. The number of carbonyl (C=O) groups is 1. The van der Waals surface area contributed by atoms with Gasteiger partial charge in [0.25, 0.3) is 0 Å². The van der Waals surface area contributed by atoms with Crippen LogP contribution in [0.2, 0.25) is 0 Å². The van der Waals surface area contributed by atoms with Gasteiger partial charge in [-0.05, 0) is 30.9 Å². The maximum atomic E-state index is 12.2. The lowest BCUT2D eigenvalue weighted by Gasteiger charge is -2.35. The van der Waals surface area contributed by atoms with Gasteiger partial charge in [-0.2, -0.15) is 0 Å². The normalized spacial score (nSPS) is 30.8. The minimum atomic E-state index is -0.691. The molecule has 2 aliphatic heterocycles. The molecule has 1 aromatic rings. The lowest BCUT2D eigenvalue weighted by molar-refractivity contribution is -0.130. The van der Waals surface area contributed by atoms with E-state index < -0.39 is 10.8 Å². The fourth-order valence-corrected chi connectivity index (χ4v) is 4.42. The number of carbonyl (C=O) groups excluding carboxylic acids is 1. The summed E-state index contributed by atoms with van der Waals surface area (Å²) in [6.45, 7) is 2.48. The third-order valence-corrected chi connectivity index (χ3v) is 5.63. The van der Waals surface area contributed by atoms with Crippen LogP contribution in [0, 0.1) is 6.92 Å². The van der Waals surface area contributed by atoms with Crippen molar-refractivity contribution in [3.05, 3.63) is 35.4 Å². The molecule has 108 valence electrons. The average Bonchev–Trinajstić information content (AvgIpc) is 2.82. The first-order valence-corrected chi connectivity index (χ1v) is 8.60. The Kier molecular flexibility index (Phi) is 3.89. The van der Waals surface area contributed by atoms with Crippen molar-refractivity contribution in [1.29, 1.82) is 0 Å². The van der Waals surface area contributed by atoms with Crippen LogP contribution in [0.4, 0.5) is 0 Å². The lowest BCUT2D eigenvalue weighted by atomic mass is 10.0. The molecule has 2 fully saturated rings. The fourth-order valence-electron chi connectivity index (χ4n) is 3.14. The average molecular weight is 292 g/mol. The zero-order chi connectivity index (χ0) is 14.1. The number of rotatable bonds is 2. The first-order valence-electron chi connectivity index (χ1n) is 7.12. The molecule has 2 aliphatic rings. The van der Waals surface area contributed by atoms with Gasteiger partial charge in [0, 0.05) is 28.3 Å². The molecule has 1 unspecified atom stereocenters. The Balaban J connectivity index is 1.85. The summed E-state index contributed by atoms with van der Waals surface area (Å²) < 4.78 is 11.5. The van der Waals surface area contributed by atoms with Crippen molar-refractivity contribution in [1.82, 2.24) is 10.2 Å². The zero-order valence-electron chi connectivity index (χ0n) is 11.7. The van der Waals surface area contributed by atoms with Crippen LogP contribution >= 0.6 is 0 Å². The highest BCUT2D eigenvalue weighted by atomic mass is 32.2. The number of benzene rings is 1. The number of nitrogens with zero attached hydrogens (tertiary/aromatic N) is 1. The SMILES string of the molecule is Cc1ccccc1C1NCC(=O)N1C1CCS(=O)CC1. The van der Waals surface area contributed by atoms with Crippen LogP contribution in [0.25, 0.3) is 0 Å². The number of nitrogens with one attached hydrogen (secondary N) is 1. The third-order valence-electron chi connectivity index (χ3n) is 4.25. The van der Waals surface area contributed by atoms with E-state index in [0.717, 1.165) is 24.3 Å². The van der Waals surface area contributed by atoms with Gasteiger partial charge < -0.3 is 4.90 Å². The summed E-state index contributed by atoms with van der Waals surface area (Å²) in [7, 11) is -0.691. The standard InChI is InChI=1S/C15H20N2O2S/c1-11-4-2-3-5-13(11)15-16-10-14(18)17(15)12-6-8-20(19)9-7-12/h2-5,12,15-16H,6-10H2,1H3. The second-order valence-corrected chi connectivity index (χ2v) is 7.22. The molecule has 2 heterocycles. The first kappa shape index (κ1) is 13.8. The van der Waals surface area contributed by atoms with E-state index in [2.05, 4.69) is 24.4 Å². The molecule has 0 aromatic heterocycles. The van der Waals surface area contributed by atoms with Gasteiger partial charge in [0.2, 0.25) is 5.91 Å². The van der Waals surface area contributed by atoms with Gasteiger partial charge in [0.1, 0.15) is 6.17 Å². The molecule has 1 N–H and O–H groups in total. The summed E-state index contributed by atoms with van der Waals surface area (Å²) in [6, 6.07) is 8.41. The van der Waals surface area contributed by atoms with Gasteiger partial charge in [-0.3, -0.25) is 14.3 Å². The Labute approximate surface area is 122 Å². The number of amides is 1. The van der Waals surface area contributed by atoms with E-state index in [0.29, 0.717) is 6.54 Å². The summed E-state index contributed by atoms with van der Waals surface area (Å²) in [6.07, 6.45) is 1.67. The molecule has 0 spiro atoms. The Bertz CT molecular complexity index is 536. The van der Waals surface area contributed by atoms with Crippen LogP contribution in [0.15, 0.2) is 24.3 Å². The minimum Gasteiger partial charge on any atom is -0.319 e. The summed E-state index contributed by atoms with van der Waals surface area (Å²) >= 11 is 0. The summed E-state index contributed by atoms with van der Waals surface area (Å²) in [5.74, 6) is 1.60. The van der Waals surface area contributed by atoms with Crippen molar-refractivity contribution in [2.75, 3.05) is 18.1 Å². The molecule has 1 atom stereocenters. The van der Waals surface area contributed by atoms with Crippen molar-refractivity contribution in [3.63, 3.8) is 0 Å². The monoisotopic (exact) mass is 292 g/mol. The van der Waals surface area contributed by atoms with Crippen LogP contribution < -0.4 is 5.32 Å². The molecule has 0 saturated carbocycles. The van der Waals surface area contributed by atoms with E-state index in [9.17, 15) is 9.00 Å². The molecule has 5 heteroatoms. The lowest BCUT2D eigenvalue weighted by Crippen LogP contribution is -2.43. The molecule has 1 aromatic carbocycles. The highest BCUT2D eigenvalue weighted by Crippen LogP contribution is 2.30. The maximum Gasteiger partial charge on any atom is 0.238 e. The predicted octanol–water partition coefficient (Wildman–Crippen LogP) is 1.34. The third kappa shape index (κ3) is 2.52. The number of aryl methyl sites for hydroxylation is 1. The molecular formula is C15H20N2O2S. The predicted molar refractivity (Wildman–Crippen MR) is 79.7 cm³/mol. The van der Waals surface area contributed by atoms with Crippen LogP contribution in [-0.4, -0.2) is 39.1 Å². The van der Waals surface area contributed by atoms with Crippen molar-refractivity contribution in [2.24, 2.45) is 0 Å². The quantitative estimate of drug-likeness (QED) is 0.895. The van der Waals surface area contributed by atoms with Crippen LogP contribution in [0.3, 0.4) is 0 Å². The molecule has 20 heavy (non-hydrogen) atoms. The second-order valence-electron chi connectivity index (χ2n) is 5.52. The van der Waals surface area contributed by atoms with Crippen LogP contribution in [-0.2, 0) is 15.6 Å². The van der Waals surface area contributed by atoms with Gasteiger partial charge in [-0.15, -0.1) is 0 Å². The smallest absolute Gasteiger partial charge is 0.238 e. The molecule has 3 rings (SSSR count). The van der Waals surface area contributed by atoms with E-state index in [1.807, 2.05) is 17.0 Å². The summed E-state index contributed by atoms with van der Waals surface area (Å²) in [4.78, 5) is 14.2.